The zero-order valence-electron chi connectivity index (χ0n) is 13.0. The Labute approximate surface area is 126 Å². The van der Waals surface area contributed by atoms with Crippen LogP contribution in [0.15, 0.2) is 18.2 Å². The monoisotopic (exact) mass is 284 g/mol. The molecule has 2 aromatic rings. The summed E-state index contributed by atoms with van der Waals surface area (Å²) in [6.07, 6.45) is 7.33. The third kappa shape index (κ3) is 2.97. The molecule has 1 aromatic heterocycles. The van der Waals surface area contributed by atoms with Crippen LogP contribution >= 0.6 is 0 Å². The van der Waals surface area contributed by atoms with E-state index in [1.165, 1.54) is 36.9 Å². The summed E-state index contributed by atoms with van der Waals surface area (Å²) < 4.78 is 0. The van der Waals surface area contributed by atoms with Gasteiger partial charge in [-0.05, 0) is 50.5 Å². The molecule has 0 unspecified atom stereocenters. The second-order valence-corrected chi connectivity index (χ2v) is 6.30. The number of nitrogens with one attached hydrogen (secondary N) is 2. The Morgan fingerprint density at radius 1 is 1.14 bits per heavy atom. The Morgan fingerprint density at radius 3 is 2.57 bits per heavy atom. The lowest BCUT2D eigenvalue weighted by atomic mass is 10.1. The SMILES string of the molecule is Cc1[nH]c2ccc(C(=O)NC3CCCCCC3)cc2c1C. The summed E-state index contributed by atoms with van der Waals surface area (Å²) in [5, 5.41) is 4.37. The van der Waals surface area contributed by atoms with E-state index in [4.69, 9.17) is 0 Å². The Hall–Kier alpha value is -1.77. The van der Waals surface area contributed by atoms with E-state index in [-0.39, 0.29) is 5.91 Å². The summed E-state index contributed by atoms with van der Waals surface area (Å²) in [6.45, 7) is 4.17. The summed E-state index contributed by atoms with van der Waals surface area (Å²) in [5.74, 6) is 0.0713. The topological polar surface area (TPSA) is 44.9 Å². The van der Waals surface area contributed by atoms with Crippen LogP contribution in [0.1, 0.15) is 60.1 Å². The number of hydrogen-bond donors (Lipinski definition) is 2. The van der Waals surface area contributed by atoms with Gasteiger partial charge in [0.05, 0.1) is 0 Å². The highest BCUT2D eigenvalue weighted by Gasteiger charge is 2.16. The average molecular weight is 284 g/mol. The third-order valence-electron chi connectivity index (χ3n) is 4.76. The number of carbonyl (C=O) groups excluding carboxylic acids is 1. The highest BCUT2D eigenvalue weighted by Crippen LogP contribution is 2.23. The number of fused-ring (bicyclic) bond motifs is 1. The predicted octanol–water partition coefficient (Wildman–Crippen LogP) is 4.24. The molecule has 3 heteroatoms. The zero-order valence-corrected chi connectivity index (χ0v) is 13.0. The summed E-state index contributed by atoms with van der Waals surface area (Å²) in [4.78, 5) is 15.8. The summed E-state index contributed by atoms with van der Waals surface area (Å²) >= 11 is 0. The van der Waals surface area contributed by atoms with Crippen molar-refractivity contribution in [1.29, 1.82) is 0 Å². The lowest BCUT2D eigenvalue weighted by molar-refractivity contribution is 0.0933. The minimum Gasteiger partial charge on any atom is -0.358 e. The molecular weight excluding hydrogens is 260 g/mol. The molecule has 0 spiro atoms. The van der Waals surface area contributed by atoms with Gasteiger partial charge >= 0.3 is 0 Å². The number of H-pyrrole nitrogens is 1. The normalized spacial score (nSPS) is 16.9. The number of benzene rings is 1. The van der Waals surface area contributed by atoms with Crippen LogP contribution in [0.25, 0.3) is 10.9 Å². The summed E-state index contributed by atoms with van der Waals surface area (Å²) in [5.41, 5.74) is 4.28. The molecule has 0 saturated heterocycles. The maximum atomic E-state index is 12.5. The average Bonchev–Trinajstić information content (AvgIpc) is 2.67. The number of rotatable bonds is 2. The molecule has 3 nitrogen and oxygen atoms in total. The van der Waals surface area contributed by atoms with Gasteiger partial charge in [0.25, 0.3) is 5.91 Å². The summed E-state index contributed by atoms with van der Waals surface area (Å²) in [6, 6.07) is 6.30. The van der Waals surface area contributed by atoms with Gasteiger partial charge in [-0.2, -0.15) is 0 Å². The van der Waals surface area contributed by atoms with Crippen molar-refractivity contribution in [3.63, 3.8) is 0 Å². The number of amides is 1. The van der Waals surface area contributed by atoms with E-state index < -0.39 is 0 Å². The molecule has 1 amide bonds. The van der Waals surface area contributed by atoms with Gasteiger partial charge in [-0.25, -0.2) is 0 Å². The van der Waals surface area contributed by atoms with E-state index in [0.29, 0.717) is 6.04 Å². The van der Waals surface area contributed by atoms with E-state index in [0.717, 1.165) is 29.3 Å². The van der Waals surface area contributed by atoms with Crippen molar-refractivity contribution in [3.8, 4) is 0 Å². The van der Waals surface area contributed by atoms with Crippen LogP contribution in [0.2, 0.25) is 0 Å². The molecule has 1 saturated carbocycles. The van der Waals surface area contributed by atoms with Crippen molar-refractivity contribution < 1.29 is 4.79 Å². The lowest BCUT2D eigenvalue weighted by Gasteiger charge is -2.16. The molecule has 0 aliphatic heterocycles. The molecule has 21 heavy (non-hydrogen) atoms. The molecule has 1 aliphatic rings. The van der Waals surface area contributed by atoms with Crippen LogP contribution in [-0.4, -0.2) is 16.9 Å². The van der Waals surface area contributed by atoms with Gasteiger partial charge in [0, 0.05) is 28.2 Å². The predicted molar refractivity (Wildman–Crippen MR) is 86.7 cm³/mol. The van der Waals surface area contributed by atoms with E-state index in [9.17, 15) is 4.79 Å². The first-order valence-corrected chi connectivity index (χ1v) is 8.05. The Morgan fingerprint density at radius 2 is 1.86 bits per heavy atom. The lowest BCUT2D eigenvalue weighted by Crippen LogP contribution is -2.34. The largest absolute Gasteiger partial charge is 0.358 e. The van der Waals surface area contributed by atoms with Crippen molar-refractivity contribution >= 4 is 16.8 Å². The van der Waals surface area contributed by atoms with Crippen molar-refractivity contribution in [3.05, 3.63) is 35.0 Å². The molecule has 1 heterocycles. The maximum Gasteiger partial charge on any atom is 0.251 e. The van der Waals surface area contributed by atoms with Crippen LogP contribution in [0, 0.1) is 13.8 Å². The van der Waals surface area contributed by atoms with Crippen LogP contribution < -0.4 is 5.32 Å². The second-order valence-electron chi connectivity index (χ2n) is 6.30. The Bertz CT molecular complexity index is 649. The minimum absolute atomic E-state index is 0.0713. The highest BCUT2D eigenvalue weighted by molar-refractivity contribution is 5.99. The first-order valence-electron chi connectivity index (χ1n) is 8.05. The fourth-order valence-electron chi connectivity index (χ4n) is 3.29. The van der Waals surface area contributed by atoms with E-state index in [1.54, 1.807) is 0 Å². The van der Waals surface area contributed by atoms with E-state index in [1.807, 2.05) is 18.2 Å². The molecule has 2 N–H and O–H groups in total. The molecule has 1 aliphatic carbocycles. The molecule has 3 rings (SSSR count). The first kappa shape index (κ1) is 14.2. The third-order valence-corrected chi connectivity index (χ3v) is 4.76. The number of carbonyl (C=O) groups is 1. The molecular formula is C18H24N2O. The molecule has 0 bridgehead atoms. The minimum atomic E-state index is 0.0713. The first-order chi connectivity index (χ1) is 10.1. The zero-order chi connectivity index (χ0) is 14.8. The van der Waals surface area contributed by atoms with Crippen molar-refractivity contribution in [2.75, 3.05) is 0 Å². The van der Waals surface area contributed by atoms with Crippen molar-refractivity contribution in [2.24, 2.45) is 0 Å². The standard InChI is InChI=1S/C18H24N2O/c1-12-13(2)19-17-10-9-14(11-16(12)17)18(21)20-15-7-5-3-4-6-8-15/h9-11,15,19H,3-8H2,1-2H3,(H,20,21). The van der Waals surface area contributed by atoms with Gasteiger partial charge in [-0.3, -0.25) is 4.79 Å². The van der Waals surface area contributed by atoms with Crippen LogP contribution in [0.3, 0.4) is 0 Å². The number of aryl methyl sites for hydroxylation is 2. The van der Waals surface area contributed by atoms with E-state index in [2.05, 4.69) is 24.1 Å². The smallest absolute Gasteiger partial charge is 0.251 e. The van der Waals surface area contributed by atoms with E-state index >= 15 is 0 Å². The number of aromatic amines is 1. The van der Waals surface area contributed by atoms with Crippen LogP contribution in [0.4, 0.5) is 0 Å². The quantitative estimate of drug-likeness (QED) is 0.796. The van der Waals surface area contributed by atoms with Crippen LogP contribution in [0.5, 0.6) is 0 Å². The van der Waals surface area contributed by atoms with Gasteiger partial charge in [0.15, 0.2) is 0 Å². The Kier molecular flexibility index (Phi) is 4.00. The van der Waals surface area contributed by atoms with Crippen molar-refractivity contribution in [1.82, 2.24) is 10.3 Å². The molecule has 0 radical (unpaired) electrons. The maximum absolute atomic E-state index is 12.5. The molecule has 0 atom stereocenters. The number of hydrogen-bond acceptors (Lipinski definition) is 1. The van der Waals surface area contributed by atoms with Gasteiger partial charge in [0.1, 0.15) is 0 Å². The molecule has 1 fully saturated rings. The van der Waals surface area contributed by atoms with Gasteiger partial charge < -0.3 is 10.3 Å². The van der Waals surface area contributed by atoms with Gasteiger partial charge in [-0.1, -0.05) is 25.7 Å². The van der Waals surface area contributed by atoms with Gasteiger partial charge in [-0.15, -0.1) is 0 Å². The summed E-state index contributed by atoms with van der Waals surface area (Å²) in [7, 11) is 0. The number of aromatic nitrogens is 1. The van der Waals surface area contributed by atoms with Gasteiger partial charge in [0.2, 0.25) is 0 Å². The van der Waals surface area contributed by atoms with Crippen molar-refractivity contribution in [2.45, 2.75) is 58.4 Å². The molecule has 112 valence electrons. The Balaban J connectivity index is 1.79. The van der Waals surface area contributed by atoms with Crippen LogP contribution in [-0.2, 0) is 0 Å². The highest BCUT2D eigenvalue weighted by atomic mass is 16.1. The fourth-order valence-corrected chi connectivity index (χ4v) is 3.29. The molecule has 1 aromatic carbocycles. The second kappa shape index (κ2) is 5.92. The fraction of sp³-hybridized carbons (Fsp3) is 0.500.